The van der Waals surface area contributed by atoms with Gasteiger partial charge in [-0.1, -0.05) is 0 Å². The van der Waals surface area contributed by atoms with Crippen LogP contribution in [0.3, 0.4) is 0 Å². The zero-order chi connectivity index (χ0) is 12.9. The van der Waals surface area contributed by atoms with E-state index in [0.29, 0.717) is 0 Å². The van der Waals surface area contributed by atoms with Crippen LogP contribution in [0.1, 0.15) is 13.8 Å². The smallest absolute Gasteiger partial charge is 0.376 e. The fourth-order valence-electron chi connectivity index (χ4n) is 0.662. The zero-order valence-electron chi connectivity index (χ0n) is 8.34. The highest BCUT2D eigenvalue weighted by atomic mass is 16.6. The summed E-state index contributed by atoms with van der Waals surface area (Å²) in [6.07, 6.45) is 0. The summed E-state index contributed by atoms with van der Waals surface area (Å²) in [6.45, 7) is 1.74. The van der Waals surface area contributed by atoms with Crippen LogP contribution in [0.15, 0.2) is 11.5 Å². The van der Waals surface area contributed by atoms with E-state index in [0.717, 1.165) is 13.8 Å². The van der Waals surface area contributed by atoms with Gasteiger partial charge in [0.15, 0.2) is 0 Å². The number of hydrogen-bond donors (Lipinski definition) is 2. The molecule has 0 rings (SSSR count). The van der Waals surface area contributed by atoms with Gasteiger partial charge in [0.05, 0.1) is 0 Å². The van der Waals surface area contributed by atoms with Crippen LogP contribution in [0.25, 0.3) is 0 Å². The SMILES string of the molecule is CC(=O)O/C(C(=O)O)=C(/OC(C)=O)C(=O)O. The van der Waals surface area contributed by atoms with Crippen LogP contribution in [0, 0.1) is 0 Å². The molecule has 0 amide bonds. The summed E-state index contributed by atoms with van der Waals surface area (Å²) in [4.78, 5) is 42.2. The summed E-state index contributed by atoms with van der Waals surface area (Å²) in [7, 11) is 0. The summed E-state index contributed by atoms with van der Waals surface area (Å²) in [5.41, 5.74) is 0. The molecule has 0 heterocycles. The molecular formula is C8H8O8. The minimum atomic E-state index is -1.84. The van der Waals surface area contributed by atoms with Crippen LogP contribution < -0.4 is 0 Å². The Hall–Kier alpha value is -2.38. The maximum atomic E-state index is 10.6. The second kappa shape index (κ2) is 5.49. The van der Waals surface area contributed by atoms with Crippen LogP contribution in [-0.2, 0) is 28.7 Å². The van der Waals surface area contributed by atoms with E-state index in [9.17, 15) is 19.2 Å². The monoisotopic (exact) mass is 232 g/mol. The van der Waals surface area contributed by atoms with Crippen LogP contribution in [0.4, 0.5) is 0 Å². The van der Waals surface area contributed by atoms with Crippen molar-refractivity contribution in [2.75, 3.05) is 0 Å². The molecular weight excluding hydrogens is 224 g/mol. The number of ether oxygens (including phenoxy) is 2. The van der Waals surface area contributed by atoms with Gasteiger partial charge in [-0.05, 0) is 0 Å². The second-order valence-electron chi connectivity index (χ2n) is 2.46. The Bertz CT molecular complexity index is 341. The van der Waals surface area contributed by atoms with Crippen LogP contribution in [-0.4, -0.2) is 34.1 Å². The topological polar surface area (TPSA) is 127 Å². The van der Waals surface area contributed by atoms with E-state index >= 15 is 0 Å². The first-order chi connectivity index (χ1) is 7.25. The fourth-order valence-corrected chi connectivity index (χ4v) is 0.662. The van der Waals surface area contributed by atoms with Crippen LogP contribution in [0.5, 0.6) is 0 Å². The molecule has 0 atom stereocenters. The Balaban J connectivity index is 5.43. The first-order valence-electron chi connectivity index (χ1n) is 3.83. The van der Waals surface area contributed by atoms with Crippen molar-refractivity contribution < 1.29 is 38.9 Å². The van der Waals surface area contributed by atoms with Crippen molar-refractivity contribution in [3.8, 4) is 0 Å². The van der Waals surface area contributed by atoms with E-state index in [1.165, 1.54) is 0 Å². The minimum Gasteiger partial charge on any atom is -0.475 e. The highest BCUT2D eigenvalue weighted by Crippen LogP contribution is 2.10. The van der Waals surface area contributed by atoms with E-state index < -0.39 is 35.4 Å². The summed E-state index contributed by atoms with van der Waals surface area (Å²) >= 11 is 0. The van der Waals surface area contributed by atoms with Crippen LogP contribution >= 0.6 is 0 Å². The van der Waals surface area contributed by atoms with Crippen LogP contribution in [0.2, 0.25) is 0 Å². The van der Waals surface area contributed by atoms with Crippen molar-refractivity contribution in [3.05, 3.63) is 11.5 Å². The summed E-state index contributed by atoms with van der Waals surface area (Å²) < 4.78 is 8.24. The molecule has 0 unspecified atom stereocenters. The molecule has 0 aromatic rings. The average Bonchev–Trinajstić information content (AvgIpc) is 2.09. The Kier molecular flexibility index (Phi) is 4.67. The molecule has 8 nitrogen and oxygen atoms in total. The highest BCUT2D eigenvalue weighted by Gasteiger charge is 2.27. The summed E-state index contributed by atoms with van der Waals surface area (Å²) in [6, 6.07) is 0. The van der Waals surface area contributed by atoms with Crippen molar-refractivity contribution in [2.45, 2.75) is 13.8 Å². The molecule has 16 heavy (non-hydrogen) atoms. The molecule has 0 spiro atoms. The number of esters is 2. The van der Waals surface area contributed by atoms with Crippen molar-refractivity contribution in [2.24, 2.45) is 0 Å². The van der Waals surface area contributed by atoms with E-state index in [1.54, 1.807) is 0 Å². The quantitative estimate of drug-likeness (QED) is 0.377. The lowest BCUT2D eigenvalue weighted by molar-refractivity contribution is -0.152. The normalized spacial score (nSPS) is 11.1. The minimum absolute atomic E-state index is 0.871. The molecule has 8 heteroatoms. The molecule has 0 aliphatic rings. The molecule has 0 saturated carbocycles. The molecule has 88 valence electrons. The lowest BCUT2D eigenvalue weighted by atomic mass is 10.4. The Morgan fingerprint density at radius 1 is 0.750 bits per heavy atom. The van der Waals surface area contributed by atoms with E-state index in [2.05, 4.69) is 9.47 Å². The van der Waals surface area contributed by atoms with Gasteiger partial charge in [-0.15, -0.1) is 0 Å². The number of carboxylic acids is 2. The predicted octanol–water partition coefficient (Wildman–Crippen LogP) is -0.507. The maximum absolute atomic E-state index is 10.6. The molecule has 0 bridgehead atoms. The number of carboxylic acid groups (broad SMARTS) is 2. The third kappa shape index (κ3) is 4.22. The van der Waals surface area contributed by atoms with Gasteiger partial charge in [0.1, 0.15) is 0 Å². The molecule has 0 radical (unpaired) electrons. The lowest BCUT2D eigenvalue weighted by Gasteiger charge is -2.06. The molecule has 0 aromatic heterocycles. The fraction of sp³-hybridized carbons (Fsp3) is 0.250. The largest absolute Gasteiger partial charge is 0.475 e. The Labute approximate surface area is 89.1 Å². The lowest BCUT2D eigenvalue weighted by Crippen LogP contribution is -2.19. The predicted molar refractivity (Wildman–Crippen MR) is 45.8 cm³/mol. The number of hydrogen-bond acceptors (Lipinski definition) is 6. The molecule has 0 aromatic carbocycles. The standard InChI is InChI=1S/C8H8O8/c1-3(9)15-5(7(11)12)6(8(13)14)16-4(2)10/h1-2H3,(H,11,12)(H,13,14)/b6-5+. The third-order valence-electron chi connectivity index (χ3n) is 1.09. The van der Waals surface area contributed by atoms with Gasteiger partial charge in [-0.2, -0.15) is 0 Å². The first-order valence-corrected chi connectivity index (χ1v) is 3.83. The number of rotatable bonds is 4. The van der Waals surface area contributed by atoms with Gasteiger partial charge in [-0.3, -0.25) is 9.59 Å². The van der Waals surface area contributed by atoms with Crippen molar-refractivity contribution in [1.82, 2.24) is 0 Å². The van der Waals surface area contributed by atoms with Crippen molar-refractivity contribution in [3.63, 3.8) is 0 Å². The van der Waals surface area contributed by atoms with Crippen molar-refractivity contribution >= 4 is 23.9 Å². The van der Waals surface area contributed by atoms with Gasteiger partial charge in [0, 0.05) is 13.8 Å². The van der Waals surface area contributed by atoms with Gasteiger partial charge in [0.25, 0.3) is 11.5 Å². The molecule has 0 aliphatic carbocycles. The van der Waals surface area contributed by atoms with E-state index in [4.69, 9.17) is 10.2 Å². The highest BCUT2D eigenvalue weighted by molar-refractivity contribution is 5.98. The Morgan fingerprint density at radius 2 is 1.00 bits per heavy atom. The third-order valence-corrected chi connectivity index (χ3v) is 1.09. The Morgan fingerprint density at radius 3 is 1.12 bits per heavy atom. The molecule has 0 saturated heterocycles. The van der Waals surface area contributed by atoms with Crippen molar-refractivity contribution in [1.29, 1.82) is 0 Å². The van der Waals surface area contributed by atoms with Gasteiger partial charge in [-0.25, -0.2) is 9.59 Å². The van der Waals surface area contributed by atoms with Gasteiger partial charge < -0.3 is 19.7 Å². The van der Waals surface area contributed by atoms with E-state index in [-0.39, 0.29) is 0 Å². The molecule has 0 fully saturated rings. The second-order valence-corrected chi connectivity index (χ2v) is 2.46. The number of carbonyl (C=O) groups excluding carboxylic acids is 2. The molecule has 0 aliphatic heterocycles. The average molecular weight is 232 g/mol. The summed E-state index contributed by atoms with van der Waals surface area (Å²) in [5, 5.41) is 17.1. The maximum Gasteiger partial charge on any atom is 0.376 e. The van der Waals surface area contributed by atoms with Gasteiger partial charge >= 0.3 is 23.9 Å². The zero-order valence-corrected chi connectivity index (χ0v) is 8.34. The van der Waals surface area contributed by atoms with Gasteiger partial charge in [0.2, 0.25) is 0 Å². The number of carbonyl (C=O) groups is 4. The number of aliphatic carboxylic acids is 2. The first kappa shape index (κ1) is 13.6. The molecule has 2 N–H and O–H groups in total. The van der Waals surface area contributed by atoms with E-state index in [1.807, 2.05) is 0 Å². The summed E-state index contributed by atoms with van der Waals surface area (Å²) in [5.74, 6) is -8.29.